The first-order valence-corrected chi connectivity index (χ1v) is 6.11. The summed E-state index contributed by atoms with van der Waals surface area (Å²) in [5.74, 6) is 0.748. The third-order valence-corrected chi connectivity index (χ3v) is 2.24. The van der Waals surface area contributed by atoms with Gasteiger partial charge in [-0.1, -0.05) is 12.1 Å². The van der Waals surface area contributed by atoms with Gasteiger partial charge >= 0.3 is 7.60 Å². The van der Waals surface area contributed by atoms with Crippen LogP contribution in [0.5, 0.6) is 5.75 Å². The minimum atomic E-state index is -3.38. The second-order valence-corrected chi connectivity index (χ2v) is 4.79. The summed E-state index contributed by atoms with van der Waals surface area (Å²) in [4.78, 5) is 8.89. The van der Waals surface area contributed by atoms with E-state index in [0.29, 0.717) is 0 Å². The van der Waals surface area contributed by atoms with Crippen LogP contribution in [0.3, 0.4) is 0 Å². The Balaban J connectivity index is 2.56. The van der Waals surface area contributed by atoms with E-state index in [9.17, 15) is 4.57 Å². The van der Waals surface area contributed by atoms with Gasteiger partial charge in [0, 0.05) is 6.66 Å². The molecule has 0 radical (unpaired) electrons. The summed E-state index contributed by atoms with van der Waals surface area (Å²) in [5, 5.41) is 0. The highest BCUT2D eigenvalue weighted by molar-refractivity contribution is 7.51. The number of rotatable bonds is 4. The zero-order valence-corrected chi connectivity index (χ0v) is 9.03. The average Bonchev–Trinajstić information content (AvgIpc) is 2.14. The van der Waals surface area contributed by atoms with Crippen molar-refractivity contribution in [2.24, 2.45) is 0 Å². The van der Waals surface area contributed by atoms with Gasteiger partial charge in [0.1, 0.15) is 5.75 Å². The van der Waals surface area contributed by atoms with E-state index in [-0.39, 0.29) is 6.61 Å². The Morgan fingerprint density at radius 3 is 2.36 bits per heavy atom. The smallest absolute Gasteiger partial charge is 0.325 e. The highest BCUT2D eigenvalue weighted by Crippen LogP contribution is 2.37. The Bertz CT molecular complexity index is 327. The van der Waals surface area contributed by atoms with Crippen LogP contribution in [-0.2, 0) is 15.7 Å². The summed E-state index contributed by atoms with van der Waals surface area (Å²) >= 11 is 0. The molecular formula is C9H13O4P. The van der Waals surface area contributed by atoms with E-state index in [1.54, 1.807) is 31.4 Å². The molecule has 1 aromatic carbocycles. The van der Waals surface area contributed by atoms with E-state index in [4.69, 9.17) is 14.2 Å². The molecule has 1 aromatic rings. The molecule has 0 saturated heterocycles. The highest BCUT2D eigenvalue weighted by Gasteiger charge is 2.09. The second kappa shape index (κ2) is 4.60. The van der Waals surface area contributed by atoms with Gasteiger partial charge in [-0.25, -0.2) is 0 Å². The van der Waals surface area contributed by atoms with E-state index in [1.807, 2.05) is 0 Å². The number of hydrogen-bond acceptors (Lipinski definition) is 3. The fraction of sp³-hybridized carbons (Fsp3) is 0.333. The Morgan fingerprint density at radius 2 is 1.93 bits per heavy atom. The van der Waals surface area contributed by atoms with Crippen molar-refractivity contribution in [1.29, 1.82) is 0 Å². The number of ether oxygens (including phenoxy) is 1. The molecule has 1 rings (SSSR count). The van der Waals surface area contributed by atoms with E-state index in [1.165, 1.54) is 0 Å². The van der Waals surface area contributed by atoms with Crippen molar-refractivity contribution in [1.82, 2.24) is 0 Å². The lowest BCUT2D eigenvalue weighted by molar-refractivity contribution is 0.255. The van der Waals surface area contributed by atoms with Crippen LogP contribution < -0.4 is 4.74 Å². The summed E-state index contributed by atoms with van der Waals surface area (Å²) in [5.41, 5.74) is 0.835. The van der Waals surface area contributed by atoms with Gasteiger partial charge < -0.3 is 14.2 Å². The lowest BCUT2D eigenvalue weighted by Crippen LogP contribution is -1.90. The van der Waals surface area contributed by atoms with Crippen LogP contribution in [0.4, 0.5) is 0 Å². The van der Waals surface area contributed by atoms with E-state index >= 15 is 0 Å². The largest absolute Gasteiger partial charge is 0.497 e. The predicted molar refractivity (Wildman–Crippen MR) is 53.5 cm³/mol. The zero-order chi connectivity index (χ0) is 10.6. The molecule has 0 aliphatic rings. The van der Waals surface area contributed by atoms with Crippen LogP contribution >= 0.6 is 7.60 Å². The molecule has 14 heavy (non-hydrogen) atoms. The van der Waals surface area contributed by atoms with Crippen LogP contribution in [-0.4, -0.2) is 18.7 Å². The maximum absolute atomic E-state index is 10.8. The van der Waals surface area contributed by atoms with Crippen molar-refractivity contribution < 1.29 is 18.7 Å². The molecule has 0 bridgehead atoms. The van der Waals surface area contributed by atoms with Crippen LogP contribution in [0, 0.1) is 0 Å². The maximum Gasteiger partial charge on any atom is 0.325 e. The molecule has 5 heteroatoms. The average molecular weight is 216 g/mol. The SMILES string of the molecule is COc1ccc(COP(C)(=O)O)cc1. The Labute approximate surface area is 83.0 Å². The van der Waals surface area contributed by atoms with Gasteiger partial charge in [0.25, 0.3) is 0 Å². The Morgan fingerprint density at radius 1 is 1.36 bits per heavy atom. The van der Waals surface area contributed by atoms with Crippen LogP contribution in [0.1, 0.15) is 5.56 Å². The Kier molecular flexibility index (Phi) is 3.69. The minimum Gasteiger partial charge on any atom is -0.497 e. The molecule has 0 aromatic heterocycles. The summed E-state index contributed by atoms with van der Waals surface area (Å²) < 4.78 is 20.5. The third kappa shape index (κ3) is 3.92. The first-order valence-electron chi connectivity index (χ1n) is 4.09. The van der Waals surface area contributed by atoms with Crippen molar-refractivity contribution >= 4 is 7.60 Å². The molecule has 0 saturated carbocycles. The molecular weight excluding hydrogens is 203 g/mol. The summed E-state index contributed by atoms with van der Waals surface area (Å²) in [7, 11) is -1.80. The molecule has 0 amide bonds. The van der Waals surface area contributed by atoms with Crippen molar-refractivity contribution in [3.63, 3.8) is 0 Å². The molecule has 78 valence electrons. The molecule has 0 spiro atoms. The van der Waals surface area contributed by atoms with Gasteiger partial charge in [-0.05, 0) is 17.7 Å². The quantitative estimate of drug-likeness (QED) is 0.782. The van der Waals surface area contributed by atoms with Crippen molar-refractivity contribution in [3.05, 3.63) is 29.8 Å². The van der Waals surface area contributed by atoms with Gasteiger partial charge in [-0.15, -0.1) is 0 Å². The Hall–Kier alpha value is -0.830. The fourth-order valence-corrected chi connectivity index (χ4v) is 1.30. The predicted octanol–water partition coefficient (Wildman–Crippen LogP) is 2.03. The van der Waals surface area contributed by atoms with Gasteiger partial charge in [0.2, 0.25) is 0 Å². The molecule has 0 heterocycles. The van der Waals surface area contributed by atoms with Crippen molar-refractivity contribution in [3.8, 4) is 5.75 Å². The second-order valence-electron chi connectivity index (χ2n) is 2.92. The van der Waals surface area contributed by atoms with Gasteiger partial charge in [0.05, 0.1) is 13.7 Å². The van der Waals surface area contributed by atoms with Gasteiger partial charge in [-0.2, -0.15) is 0 Å². The molecule has 0 fully saturated rings. The van der Waals surface area contributed by atoms with E-state index in [2.05, 4.69) is 0 Å². The van der Waals surface area contributed by atoms with Crippen LogP contribution in [0.2, 0.25) is 0 Å². The molecule has 1 atom stereocenters. The number of benzene rings is 1. The number of hydrogen-bond donors (Lipinski definition) is 1. The van der Waals surface area contributed by atoms with Crippen molar-refractivity contribution in [2.45, 2.75) is 6.61 Å². The first-order chi connectivity index (χ1) is 6.51. The minimum absolute atomic E-state index is 0.133. The van der Waals surface area contributed by atoms with E-state index in [0.717, 1.165) is 18.0 Å². The molecule has 0 aliphatic carbocycles. The summed E-state index contributed by atoms with van der Waals surface area (Å²) in [6.45, 7) is 1.30. The molecule has 1 unspecified atom stereocenters. The summed E-state index contributed by atoms with van der Waals surface area (Å²) in [6.07, 6.45) is 0. The normalized spacial score (nSPS) is 14.8. The molecule has 1 N–H and O–H groups in total. The molecule has 4 nitrogen and oxygen atoms in total. The maximum atomic E-state index is 10.8. The van der Waals surface area contributed by atoms with Gasteiger partial charge in [0.15, 0.2) is 0 Å². The lowest BCUT2D eigenvalue weighted by atomic mass is 10.2. The first kappa shape index (κ1) is 11.2. The fourth-order valence-electron chi connectivity index (χ4n) is 0.916. The molecule has 0 aliphatic heterocycles. The van der Waals surface area contributed by atoms with Crippen molar-refractivity contribution in [2.75, 3.05) is 13.8 Å². The van der Waals surface area contributed by atoms with Crippen LogP contribution in [0.15, 0.2) is 24.3 Å². The standard InChI is InChI=1S/C9H13O4P/c1-12-9-5-3-8(4-6-9)7-13-14(2,10)11/h3-6H,7H2,1-2H3,(H,10,11). The monoisotopic (exact) mass is 216 g/mol. The van der Waals surface area contributed by atoms with E-state index < -0.39 is 7.60 Å². The van der Waals surface area contributed by atoms with Gasteiger partial charge in [-0.3, -0.25) is 4.57 Å². The topological polar surface area (TPSA) is 55.8 Å². The van der Waals surface area contributed by atoms with Crippen LogP contribution in [0.25, 0.3) is 0 Å². The lowest BCUT2D eigenvalue weighted by Gasteiger charge is -2.07. The third-order valence-electron chi connectivity index (χ3n) is 1.63. The zero-order valence-electron chi connectivity index (χ0n) is 8.14. The summed E-state index contributed by atoms with van der Waals surface area (Å²) in [6, 6.07) is 7.12. The number of methoxy groups -OCH3 is 1. The highest BCUT2D eigenvalue weighted by atomic mass is 31.2.